The number of rotatable bonds is 2. The summed E-state index contributed by atoms with van der Waals surface area (Å²) in [6, 6.07) is 0. The van der Waals surface area contributed by atoms with Gasteiger partial charge in [-0.2, -0.15) is 8.42 Å². The Morgan fingerprint density at radius 1 is 1.47 bits per heavy atom. The molecule has 0 aliphatic heterocycles. The van der Waals surface area contributed by atoms with Gasteiger partial charge in [-0.05, 0) is 0 Å². The van der Waals surface area contributed by atoms with Crippen LogP contribution in [0.4, 0.5) is 3.89 Å². The Bertz CT molecular complexity index is 696. The van der Waals surface area contributed by atoms with Crippen LogP contribution in [0, 0.1) is 0 Å². The van der Waals surface area contributed by atoms with Crippen LogP contribution in [-0.4, -0.2) is 23.0 Å². The van der Waals surface area contributed by atoms with Gasteiger partial charge in [-0.15, -0.1) is 3.89 Å². The lowest BCUT2D eigenvalue weighted by Crippen LogP contribution is -1.97. The first-order valence-electron chi connectivity index (χ1n) is 4.80. The standard InChI is InChI=1S/C9H9ClFN3O2S/c1-3-6-12-8(10)7-5(17(11,15)16)4-14(2)9(7)13-6/h4H,3H2,1-2H3. The highest BCUT2D eigenvalue weighted by Crippen LogP contribution is 2.30. The second-order valence-electron chi connectivity index (χ2n) is 3.52. The maximum absolute atomic E-state index is 13.1. The number of halogens is 2. The fraction of sp³-hybridized carbons (Fsp3) is 0.333. The molecular formula is C9H9ClFN3O2S. The second-order valence-corrected chi connectivity index (χ2v) is 5.20. The lowest BCUT2D eigenvalue weighted by molar-refractivity contribution is 0.552. The maximum atomic E-state index is 13.1. The zero-order valence-electron chi connectivity index (χ0n) is 9.11. The molecule has 0 amide bonds. The van der Waals surface area contributed by atoms with Gasteiger partial charge in [0.1, 0.15) is 21.5 Å². The molecule has 0 saturated carbocycles. The summed E-state index contributed by atoms with van der Waals surface area (Å²) in [5, 5.41) is -0.0301. The van der Waals surface area contributed by atoms with Gasteiger partial charge in [0.25, 0.3) is 0 Å². The van der Waals surface area contributed by atoms with Crippen LogP contribution in [0.3, 0.4) is 0 Å². The molecule has 0 aliphatic rings. The monoisotopic (exact) mass is 277 g/mol. The zero-order valence-corrected chi connectivity index (χ0v) is 10.7. The lowest BCUT2D eigenvalue weighted by Gasteiger charge is -2.00. The number of fused-ring (bicyclic) bond motifs is 1. The summed E-state index contributed by atoms with van der Waals surface area (Å²) in [5.41, 5.74) is 0.304. The highest BCUT2D eigenvalue weighted by Gasteiger charge is 2.23. The molecule has 5 nitrogen and oxygen atoms in total. The van der Waals surface area contributed by atoms with Crippen molar-refractivity contribution in [1.82, 2.24) is 14.5 Å². The van der Waals surface area contributed by atoms with Crippen LogP contribution in [0.2, 0.25) is 5.15 Å². The largest absolute Gasteiger partial charge is 0.334 e. The van der Waals surface area contributed by atoms with E-state index in [0.717, 1.165) is 6.20 Å². The van der Waals surface area contributed by atoms with Crippen LogP contribution in [0.5, 0.6) is 0 Å². The summed E-state index contributed by atoms with van der Waals surface area (Å²) in [5.74, 6) is 0.478. The minimum Gasteiger partial charge on any atom is -0.334 e. The predicted octanol–water partition coefficient (Wildman–Crippen LogP) is 1.84. The molecule has 0 aromatic carbocycles. The van der Waals surface area contributed by atoms with E-state index >= 15 is 0 Å². The third-order valence-corrected chi connectivity index (χ3v) is 3.47. The first kappa shape index (κ1) is 12.3. The van der Waals surface area contributed by atoms with Crippen LogP contribution in [-0.2, 0) is 23.7 Å². The van der Waals surface area contributed by atoms with E-state index in [1.807, 2.05) is 6.92 Å². The van der Waals surface area contributed by atoms with Gasteiger partial charge in [-0.3, -0.25) is 0 Å². The van der Waals surface area contributed by atoms with E-state index in [4.69, 9.17) is 11.6 Å². The SMILES string of the molecule is CCc1nc(Cl)c2c(S(=O)(=O)F)cn(C)c2n1. The summed E-state index contributed by atoms with van der Waals surface area (Å²) in [4.78, 5) is 7.54. The van der Waals surface area contributed by atoms with Crippen molar-refractivity contribution in [3.05, 3.63) is 17.2 Å². The molecule has 2 rings (SSSR count). The third kappa shape index (κ3) is 2.00. The summed E-state index contributed by atoms with van der Waals surface area (Å²) in [7, 11) is -3.27. The predicted molar refractivity (Wildman–Crippen MR) is 61.2 cm³/mol. The molecule has 0 unspecified atom stereocenters. The lowest BCUT2D eigenvalue weighted by atomic mass is 10.4. The van der Waals surface area contributed by atoms with Crippen molar-refractivity contribution in [2.24, 2.45) is 7.05 Å². The van der Waals surface area contributed by atoms with Crippen LogP contribution in [0.25, 0.3) is 11.0 Å². The van der Waals surface area contributed by atoms with E-state index in [-0.39, 0.29) is 10.5 Å². The Balaban J connectivity index is 2.93. The molecule has 0 atom stereocenters. The van der Waals surface area contributed by atoms with Gasteiger partial charge in [0.15, 0.2) is 0 Å². The molecule has 8 heteroatoms. The Morgan fingerprint density at radius 3 is 2.65 bits per heavy atom. The summed E-state index contributed by atoms with van der Waals surface area (Å²) >= 11 is 5.87. The third-order valence-electron chi connectivity index (χ3n) is 2.36. The van der Waals surface area contributed by atoms with Gasteiger partial charge >= 0.3 is 10.2 Å². The van der Waals surface area contributed by atoms with Crippen molar-refractivity contribution < 1.29 is 12.3 Å². The molecule has 17 heavy (non-hydrogen) atoms. The molecule has 0 saturated heterocycles. The molecule has 0 radical (unpaired) electrons. The zero-order chi connectivity index (χ0) is 12.8. The molecule has 0 aliphatic carbocycles. The van der Waals surface area contributed by atoms with Crippen LogP contribution >= 0.6 is 11.6 Å². The average Bonchev–Trinajstić information content (AvgIpc) is 2.56. The quantitative estimate of drug-likeness (QED) is 0.621. The normalized spacial score (nSPS) is 12.2. The topological polar surface area (TPSA) is 64.8 Å². The van der Waals surface area contributed by atoms with Crippen LogP contribution in [0.15, 0.2) is 11.1 Å². The minimum atomic E-state index is -4.84. The Kier molecular flexibility index (Phi) is 2.82. The molecule has 0 fully saturated rings. The molecule has 0 bridgehead atoms. The van der Waals surface area contributed by atoms with E-state index in [1.165, 1.54) is 4.57 Å². The molecule has 2 aromatic rings. The smallest absolute Gasteiger partial charge is 0.334 e. The van der Waals surface area contributed by atoms with E-state index < -0.39 is 15.1 Å². The highest BCUT2D eigenvalue weighted by molar-refractivity contribution is 7.86. The van der Waals surface area contributed by atoms with Crippen molar-refractivity contribution in [1.29, 1.82) is 0 Å². The molecular weight excluding hydrogens is 269 g/mol. The minimum absolute atomic E-state index is 0.0221. The first-order valence-corrected chi connectivity index (χ1v) is 6.57. The Morgan fingerprint density at radius 2 is 2.12 bits per heavy atom. The van der Waals surface area contributed by atoms with Crippen molar-refractivity contribution >= 4 is 32.9 Å². The number of aromatic nitrogens is 3. The second kappa shape index (κ2) is 3.92. The van der Waals surface area contributed by atoms with Gasteiger partial charge < -0.3 is 4.57 Å². The molecule has 92 valence electrons. The van der Waals surface area contributed by atoms with Gasteiger partial charge in [-0.25, -0.2) is 9.97 Å². The number of hydrogen-bond donors (Lipinski definition) is 0. The van der Waals surface area contributed by atoms with Gasteiger partial charge in [0.05, 0.1) is 5.39 Å². The maximum Gasteiger partial charge on any atom is 0.334 e. The fourth-order valence-corrected chi connectivity index (χ4v) is 2.63. The summed E-state index contributed by atoms with van der Waals surface area (Å²) in [6.07, 6.45) is 1.69. The average molecular weight is 278 g/mol. The molecule has 2 heterocycles. The van der Waals surface area contributed by atoms with Crippen molar-refractivity contribution in [3.8, 4) is 0 Å². The van der Waals surface area contributed by atoms with Gasteiger partial charge in [0.2, 0.25) is 0 Å². The van der Waals surface area contributed by atoms with Crippen molar-refractivity contribution in [3.63, 3.8) is 0 Å². The van der Waals surface area contributed by atoms with Crippen LogP contribution in [0.1, 0.15) is 12.7 Å². The van der Waals surface area contributed by atoms with Gasteiger partial charge in [-0.1, -0.05) is 18.5 Å². The van der Waals surface area contributed by atoms with Crippen molar-refractivity contribution in [2.45, 2.75) is 18.2 Å². The Labute approximate surface area is 102 Å². The fourth-order valence-electron chi connectivity index (χ4n) is 1.58. The van der Waals surface area contributed by atoms with E-state index in [2.05, 4.69) is 9.97 Å². The van der Waals surface area contributed by atoms with Gasteiger partial charge in [0, 0.05) is 19.7 Å². The highest BCUT2D eigenvalue weighted by atomic mass is 35.5. The number of nitrogens with zero attached hydrogens (tertiary/aromatic N) is 3. The first-order chi connectivity index (χ1) is 7.84. The van der Waals surface area contributed by atoms with E-state index in [9.17, 15) is 12.3 Å². The number of hydrogen-bond acceptors (Lipinski definition) is 4. The summed E-state index contributed by atoms with van der Waals surface area (Å²) in [6.45, 7) is 1.84. The number of aryl methyl sites for hydroxylation is 2. The van der Waals surface area contributed by atoms with E-state index in [0.29, 0.717) is 17.9 Å². The molecule has 0 N–H and O–H groups in total. The van der Waals surface area contributed by atoms with Crippen LogP contribution < -0.4 is 0 Å². The van der Waals surface area contributed by atoms with E-state index in [1.54, 1.807) is 7.05 Å². The molecule has 0 spiro atoms. The summed E-state index contributed by atoms with van der Waals surface area (Å²) < 4.78 is 36.4. The Hall–Kier alpha value is -1.21. The molecule has 2 aromatic heterocycles. The van der Waals surface area contributed by atoms with Crippen molar-refractivity contribution in [2.75, 3.05) is 0 Å².